The number of para-hydroxylation sites is 1. The minimum absolute atomic E-state index is 0.393. The normalized spacial score (nSPS) is 21.6. The summed E-state index contributed by atoms with van der Waals surface area (Å²) in [5.41, 5.74) is 1.27. The monoisotopic (exact) mass is 422 g/mol. The van der Waals surface area contributed by atoms with Crippen LogP contribution in [-0.2, 0) is 4.74 Å². The van der Waals surface area contributed by atoms with Crippen molar-refractivity contribution in [3.63, 3.8) is 0 Å². The van der Waals surface area contributed by atoms with Crippen LogP contribution in [0.2, 0.25) is 0 Å². The Labute approximate surface area is 180 Å². The lowest BCUT2D eigenvalue weighted by atomic mass is 9.91. The first-order valence-corrected chi connectivity index (χ1v) is 10.7. The number of pyridine rings is 1. The Bertz CT molecular complexity index is 1050. The van der Waals surface area contributed by atoms with E-state index in [2.05, 4.69) is 26.0 Å². The Balaban J connectivity index is 1.15. The highest BCUT2D eigenvalue weighted by molar-refractivity contribution is 5.89. The molecule has 0 aliphatic carbocycles. The molecule has 4 heterocycles. The van der Waals surface area contributed by atoms with Crippen molar-refractivity contribution >= 4 is 22.8 Å². The molecule has 2 aliphatic rings. The van der Waals surface area contributed by atoms with Gasteiger partial charge in [-0.25, -0.2) is 9.78 Å². The van der Waals surface area contributed by atoms with E-state index in [1.165, 1.54) is 13.3 Å². The van der Waals surface area contributed by atoms with Crippen LogP contribution in [0.25, 0.3) is 11.0 Å². The van der Waals surface area contributed by atoms with Gasteiger partial charge in [-0.2, -0.15) is 0 Å². The summed E-state index contributed by atoms with van der Waals surface area (Å²) in [4.78, 5) is 20.7. The van der Waals surface area contributed by atoms with Gasteiger partial charge in [0.05, 0.1) is 24.7 Å². The van der Waals surface area contributed by atoms with Gasteiger partial charge in [-0.3, -0.25) is 4.90 Å². The molecule has 0 bridgehead atoms. The van der Waals surface area contributed by atoms with Gasteiger partial charge in [-0.1, -0.05) is 17.3 Å². The fourth-order valence-corrected chi connectivity index (χ4v) is 4.59. The van der Waals surface area contributed by atoms with Crippen molar-refractivity contribution in [1.82, 2.24) is 15.0 Å². The van der Waals surface area contributed by atoms with Gasteiger partial charge < -0.3 is 18.9 Å². The topological polar surface area (TPSA) is 80.9 Å². The molecule has 3 aromatic rings. The summed E-state index contributed by atoms with van der Waals surface area (Å²) in [5, 5.41) is 5.42. The van der Waals surface area contributed by atoms with Crippen molar-refractivity contribution in [3.8, 4) is 5.88 Å². The second-order valence-electron chi connectivity index (χ2n) is 8.23. The summed E-state index contributed by atoms with van der Waals surface area (Å²) < 4.78 is 16.1. The summed E-state index contributed by atoms with van der Waals surface area (Å²) >= 11 is 0. The highest BCUT2D eigenvalue weighted by atomic mass is 16.5. The molecule has 1 aromatic carbocycles. The number of benzene rings is 1. The molecule has 162 valence electrons. The van der Waals surface area contributed by atoms with Gasteiger partial charge in [0, 0.05) is 50.4 Å². The van der Waals surface area contributed by atoms with Crippen LogP contribution in [-0.4, -0.2) is 66.9 Å². The largest absolute Gasteiger partial charge is 0.477 e. The molecule has 0 saturated carbocycles. The zero-order valence-corrected chi connectivity index (χ0v) is 17.6. The van der Waals surface area contributed by atoms with Gasteiger partial charge in [0.1, 0.15) is 0 Å². The number of carbonyl (C=O) groups excluding carboxylic acids is 1. The van der Waals surface area contributed by atoms with E-state index in [0.29, 0.717) is 30.0 Å². The van der Waals surface area contributed by atoms with Crippen molar-refractivity contribution in [3.05, 3.63) is 48.2 Å². The Hall–Kier alpha value is -3.13. The Morgan fingerprint density at radius 1 is 1.16 bits per heavy atom. The molecular weight excluding hydrogens is 396 g/mol. The van der Waals surface area contributed by atoms with E-state index < -0.39 is 5.97 Å². The number of piperazine rings is 1. The number of rotatable bonds is 5. The van der Waals surface area contributed by atoms with Gasteiger partial charge in [0.15, 0.2) is 11.4 Å². The first-order valence-electron chi connectivity index (χ1n) is 10.7. The predicted octanol–water partition coefficient (Wildman–Crippen LogP) is 2.99. The van der Waals surface area contributed by atoms with Crippen LogP contribution in [0.5, 0.6) is 5.88 Å². The number of aromatic nitrogens is 2. The van der Waals surface area contributed by atoms with E-state index in [-0.39, 0.29) is 0 Å². The average molecular weight is 422 g/mol. The van der Waals surface area contributed by atoms with E-state index in [1.54, 1.807) is 12.1 Å². The number of anilines is 1. The van der Waals surface area contributed by atoms with Crippen molar-refractivity contribution < 1.29 is 18.8 Å². The first-order chi connectivity index (χ1) is 15.2. The third-order valence-corrected chi connectivity index (χ3v) is 6.29. The zero-order chi connectivity index (χ0) is 21.2. The summed E-state index contributed by atoms with van der Waals surface area (Å²) in [6.45, 7) is 4.58. The lowest BCUT2D eigenvalue weighted by Gasteiger charge is -2.46. The highest BCUT2D eigenvalue weighted by Gasteiger charge is 2.34. The highest BCUT2D eigenvalue weighted by Crippen LogP contribution is 2.31. The minimum atomic E-state index is -0.393. The van der Waals surface area contributed by atoms with Crippen LogP contribution in [0.15, 0.2) is 47.1 Å². The summed E-state index contributed by atoms with van der Waals surface area (Å²) in [6, 6.07) is 12.0. The Morgan fingerprint density at radius 2 is 2.06 bits per heavy atom. The average Bonchev–Trinajstić information content (AvgIpc) is 3.26. The molecule has 5 rings (SSSR count). The molecule has 8 nitrogen and oxygen atoms in total. The summed E-state index contributed by atoms with van der Waals surface area (Å²) in [6.07, 6.45) is 3.74. The first kappa shape index (κ1) is 19.8. The maximum Gasteiger partial charge on any atom is 0.339 e. The fraction of sp³-hybridized carbons (Fsp3) is 0.435. The number of hydrogen-bond donors (Lipinski definition) is 0. The third kappa shape index (κ3) is 4.07. The molecule has 31 heavy (non-hydrogen) atoms. The number of hydrogen-bond acceptors (Lipinski definition) is 8. The van der Waals surface area contributed by atoms with Crippen LogP contribution in [0.1, 0.15) is 23.2 Å². The third-order valence-electron chi connectivity index (χ3n) is 6.29. The predicted molar refractivity (Wildman–Crippen MR) is 115 cm³/mol. The van der Waals surface area contributed by atoms with Crippen molar-refractivity contribution in [2.75, 3.05) is 44.8 Å². The van der Waals surface area contributed by atoms with E-state index in [9.17, 15) is 4.79 Å². The quantitative estimate of drug-likeness (QED) is 0.581. The molecule has 2 fully saturated rings. The number of methoxy groups -OCH3 is 1. The second-order valence-corrected chi connectivity index (χ2v) is 8.23. The zero-order valence-electron chi connectivity index (χ0n) is 17.6. The van der Waals surface area contributed by atoms with Gasteiger partial charge in [0.2, 0.25) is 5.88 Å². The number of ether oxygens (including phenoxy) is 2. The number of nitrogens with zero attached hydrogens (tertiary/aromatic N) is 4. The SMILES string of the molecule is COC(=O)c1ccc(OC[C@@H]2CC[C@H]3CN(c4noc5ccccc45)CCN3C2)nc1. The lowest BCUT2D eigenvalue weighted by Crippen LogP contribution is -2.57. The second kappa shape index (κ2) is 8.55. The molecule has 0 amide bonds. The van der Waals surface area contributed by atoms with Gasteiger partial charge in [0.25, 0.3) is 0 Å². The van der Waals surface area contributed by atoms with E-state index in [1.807, 2.05) is 18.2 Å². The molecule has 0 N–H and O–H groups in total. The molecule has 2 aromatic heterocycles. The van der Waals surface area contributed by atoms with Gasteiger partial charge in [-0.15, -0.1) is 0 Å². The van der Waals surface area contributed by atoms with Crippen LogP contribution in [0, 0.1) is 5.92 Å². The van der Waals surface area contributed by atoms with Crippen LogP contribution >= 0.6 is 0 Å². The maximum absolute atomic E-state index is 11.5. The standard InChI is InChI=1S/C23H26N4O4/c1-29-23(28)17-7-9-21(24-12-17)30-15-16-6-8-18-14-27(11-10-26(18)13-16)22-19-4-2-3-5-20(19)31-25-22/h2-5,7,9,12,16,18H,6,8,10-11,13-15H2,1H3/t16-,18+/m1/s1. The van der Waals surface area contributed by atoms with Crippen LogP contribution < -0.4 is 9.64 Å². The summed E-state index contributed by atoms with van der Waals surface area (Å²) in [5.74, 6) is 1.58. The number of piperidine rings is 1. The number of carbonyl (C=O) groups is 1. The molecular formula is C23H26N4O4. The summed E-state index contributed by atoms with van der Waals surface area (Å²) in [7, 11) is 1.36. The van der Waals surface area contributed by atoms with Gasteiger partial charge >= 0.3 is 5.97 Å². The molecule has 2 saturated heterocycles. The number of fused-ring (bicyclic) bond motifs is 2. The fourth-order valence-electron chi connectivity index (χ4n) is 4.59. The molecule has 0 spiro atoms. The maximum atomic E-state index is 11.5. The smallest absolute Gasteiger partial charge is 0.339 e. The molecule has 2 atom stereocenters. The van der Waals surface area contributed by atoms with E-state index in [0.717, 1.165) is 55.8 Å². The molecule has 8 heteroatoms. The van der Waals surface area contributed by atoms with Crippen molar-refractivity contribution in [2.45, 2.75) is 18.9 Å². The van der Waals surface area contributed by atoms with Gasteiger partial charge in [-0.05, 0) is 31.0 Å². The van der Waals surface area contributed by atoms with Crippen molar-refractivity contribution in [2.24, 2.45) is 5.92 Å². The Kier molecular flexibility index (Phi) is 5.46. The van der Waals surface area contributed by atoms with Crippen LogP contribution in [0.3, 0.4) is 0 Å². The molecule has 0 radical (unpaired) electrons. The molecule has 0 unspecified atom stereocenters. The van der Waals surface area contributed by atoms with Crippen LogP contribution in [0.4, 0.5) is 5.82 Å². The lowest BCUT2D eigenvalue weighted by molar-refractivity contribution is 0.0599. The minimum Gasteiger partial charge on any atom is -0.477 e. The van der Waals surface area contributed by atoms with E-state index in [4.69, 9.17) is 14.0 Å². The number of esters is 1. The van der Waals surface area contributed by atoms with E-state index >= 15 is 0 Å². The Morgan fingerprint density at radius 3 is 2.90 bits per heavy atom. The molecule has 2 aliphatic heterocycles. The van der Waals surface area contributed by atoms with Crippen molar-refractivity contribution in [1.29, 1.82) is 0 Å².